The summed E-state index contributed by atoms with van der Waals surface area (Å²) in [7, 11) is 1.70. The van der Waals surface area contributed by atoms with Gasteiger partial charge in [-0.15, -0.1) is 5.10 Å². The molecule has 0 aliphatic rings. The molecular weight excluding hydrogens is 202 g/mol. The molecule has 0 spiro atoms. The summed E-state index contributed by atoms with van der Waals surface area (Å²) in [6.45, 7) is 0.887. The smallest absolute Gasteiger partial charge is 0.122 e. The van der Waals surface area contributed by atoms with E-state index in [1.165, 1.54) is 5.56 Å². The largest absolute Gasteiger partial charge is 0.496 e. The maximum atomic E-state index is 5.30. The fourth-order valence-corrected chi connectivity index (χ4v) is 1.69. The second-order valence-corrected chi connectivity index (χ2v) is 3.58. The molecule has 0 fully saturated rings. The first-order valence-electron chi connectivity index (χ1n) is 5.36. The van der Waals surface area contributed by atoms with Crippen molar-refractivity contribution < 1.29 is 4.74 Å². The molecule has 1 aromatic heterocycles. The van der Waals surface area contributed by atoms with Crippen LogP contribution in [-0.2, 0) is 13.0 Å². The van der Waals surface area contributed by atoms with Gasteiger partial charge in [0.25, 0.3) is 0 Å². The van der Waals surface area contributed by atoms with E-state index in [0.29, 0.717) is 0 Å². The molecule has 0 bridgehead atoms. The summed E-state index contributed by atoms with van der Waals surface area (Å²) in [5, 5.41) is 7.70. The van der Waals surface area contributed by atoms with Crippen LogP contribution in [0.3, 0.4) is 0 Å². The van der Waals surface area contributed by atoms with E-state index in [1.807, 2.05) is 29.1 Å². The van der Waals surface area contributed by atoms with Crippen LogP contribution in [0.15, 0.2) is 36.7 Å². The van der Waals surface area contributed by atoms with Crippen LogP contribution in [0.5, 0.6) is 5.75 Å². The van der Waals surface area contributed by atoms with Crippen molar-refractivity contribution in [2.45, 2.75) is 19.4 Å². The Hall–Kier alpha value is -1.84. The number of ether oxygens (including phenoxy) is 1. The Labute approximate surface area is 94.9 Å². The summed E-state index contributed by atoms with van der Waals surface area (Å²) >= 11 is 0. The number of para-hydroxylation sites is 1. The minimum atomic E-state index is 0.887. The van der Waals surface area contributed by atoms with Gasteiger partial charge in [-0.3, -0.25) is 4.68 Å². The molecule has 2 rings (SSSR count). The first-order chi connectivity index (χ1) is 7.90. The molecule has 4 nitrogen and oxygen atoms in total. The third-order valence-corrected chi connectivity index (χ3v) is 2.50. The number of aryl methyl sites for hydroxylation is 2. The van der Waals surface area contributed by atoms with Gasteiger partial charge in [-0.2, -0.15) is 0 Å². The molecule has 4 heteroatoms. The van der Waals surface area contributed by atoms with Gasteiger partial charge < -0.3 is 4.74 Å². The molecule has 84 valence electrons. The molecule has 0 unspecified atom stereocenters. The highest BCUT2D eigenvalue weighted by Gasteiger charge is 2.01. The van der Waals surface area contributed by atoms with Crippen LogP contribution >= 0.6 is 0 Å². The van der Waals surface area contributed by atoms with E-state index in [2.05, 4.69) is 16.4 Å². The highest BCUT2D eigenvalue weighted by atomic mass is 16.5. The third-order valence-electron chi connectivity index (χ3n) is 2.50. The maximum absolute atomic E-state index is 5.30. The number of aromatic nitrogens is 3. The summed E-state index contributed by atoms with van der Waals surface area (Å²) in [4.78, 5) is 0. The predicted octanol–water partition coefficient (Wildman–Crippen LogP) is 1.92. The van der Waals surface area contributed by atoms with Crippen LogP contribution in [0.2, 0.25) is 0 Å². The molecule has 16 heavy (non-hydrogen) atoms. The Morgan fingerprint density at radius 2 is 2.19 bits per heavy atom. The minimum Gasteiger partial charge on any atom is -0.496 e. The number of rotatable bonds is 5. The van der Waals surface area contributed by atoms with Gasteiger partial charge in [-0.1, -0.05) is 23.4 Å². The highest BCUT2D eigenvalue weighted by molar-refractivity contribution is 5.33. The number of nitrogens with zero attached hydrogens (tertiary/aromatic N) is 3. The second kappa shape index (κ2) is 5.30. The summed E-state index contributed by atoms with van der Waals surface area (Å²) in [5.41, 5.74) is 1.24. The average Bonchev–Trinajstić information content (AvgIpc) is 2.83. The first-order valence-corrected chi connectivity index (χ1v) is 5.36. The summed E-state index contributed by atoms with van der Waals surface area (Å²) in [6.07, 6.45) is 5.60. The van der Waals surface area contributed by atoms with Gasteiger partial charge in [-0.25, -0.2) is 0 Å². The zero-order chi connectivity index (χ0) is 11.2. The van der Waals surface area contributed by atoms with Crippen LogP contribution in [0, 0.1) is 0 Å². The molecule has 0 radical (unpaired) electrons. The molecule has 0 atom stereocenters. The number of hydrogen-bond donors (Lipinski definition) is 0. The Morgan fingerprint density at radius 1 is 1.31 bits per heavy atom. The van der Waals surface area contributed by atoms with E-state index in [4.69, 9.17) is 4.74 Å². The first kappa shape index (κ1) is 10.7. The highest BCUT2D eigenvalue weighted by Crippen LogP contribution is 2.18. The lowest BCUT2D eigenvalue weighted by atomic mass is 10.1. The van der Waals surface area contributed by atoms with E-state index in [-0.39, 0.29) is 0 Å². The maximum Gasteiger partial charge on any atom is 0.122 e. The fraction of sp³-hybridized carbons (Fsp3) is 0.333. The standard InChI is InChI=1S/C12H15N3O/c1-16-12-7-3-2-5-11(12)6-4-9-15-10-8-13-14-15/h2-3,5,7-8,10H,4,6,9H2,1H3. The molecule has 0 saturated carbocycles. The van der Waals surface area contributed by atoms with E-state index in [0.717, 1.165) is 25.1 Å². The SMILES string of the molecule is COc1ccccc1CCCn1ccnn1. The van der Waals surface area contributed by atoms with Crippen LogP contribution in [-0.4, -0.2) is 22.1 Å². The van der Waals surface area contributed by atoms with Crippen molar-refractivity contribution in [3.05, 3.63) is 42.2 Å². The molecule has 0 amide bonds. The minimum absolute atomic E-state index is 0.887. The molecule has 2 aromatic rings. The molecule has 0 aliphatic heterocycles. The van der Waals surface area contributed by atoms with Crippen LogP contribution in [0.25, 0.3) is 0 Å². The molecule has 0 N–H and O–H groups in total. The number of methoxy groups -OCH3 is 1. The Balaban J connectivity index is 1.89. The van der Waals surface area contributed by atoms with Crippen molar-refractivity contribution in [3.63, 3.8) is 0 Å². The lowest BCUT2D eigenvalue weighted by Crippen LogP contribution is -2.01. The monoisotopic (exact) mass is 217 g/mol. The molecule has 1 heterocycles. The van der Waals surface area contributed by atoms with Crippen LogP contribution in [0.1, 0.15) is 12.0 Å². The van der Waals surface area contributed by atoms with E-state index < -0.39 is 0 Å². The van der Waals surface area contributed by atoms with Gasteiger partial charge in [0, 0.05) is 12.7 Å². The average molecular weight is 217 g/mol. The fourth-order valence-electron chi connectivity index (χ4n) is 1.69. The quantitative estimate of drug-likeness (QED) is 0.768. The lowest BCUT2D eigenvalue weighted by Gasteiger charge is -2.07. The second-order valence-electron chi connectivity index (χ2n) is 3.58. The number of hydrogen-bond acceptors (Lipinski definition) is 3. The van der Waals surface area contributed by atoms with Crippen molar-refractivity contribution in [1.29, 1.82) is 0 Å². The summed E-state index contributed by atoms with van der Waals surface area (Å²) in [5.74, 6) is 0.959. The van der Waals surface area contributed by atoms with Crippen molar-refractivity contribution in [3.8, 4) is 5.75 Å². The Morgan fingerprint density at radius 3 is 2.94 bits per heavy atom. The van der Waals surface area contributed by atoms with E-state index in [1.54, 1.807) is 13.3 Å². The molecule has 1 aromatic carbocycles. The van der Waals surface area contributed by atoms with Gasteiger partial charge in [0.15, 0.2) is 0 Å². The van der Waals surface area contributed by atoms with Crippen molar-refractivity contribution in [2.24, 2.45) is 0 Å². The molecule has 0 aliphatic carbocycles. The van der Waals surface area contributed by atoms with Gasteiger partial charge in [0.05, 0.1) is 13.3 Å². The lowest BCUT2D eigenvalue weighted by molar-refractivity contribution is 0.408. The van der Waals surface area contributed by atoms with Gasteiger partial charge in [0.1, 0.15) is 5.75 Å². The van der Waals surface area contributed by atoms with Gasteiger partial charge in [0.2, 0.25) is 0 Å². The molecular formula is C12H15N3O. The van der Waals surface area contributed by atoms with Crippen molar-refractivity contribution >= 4 is 0 Å². The van der Waals surface area contributed by atoms with E-state index >= 15 is 0 Å². The van der Waals surface area contributed by atoms with Crippen molar-refractivity contribution in [1.82, 2.24) is 15.0 Å². The summed E-state index contributed by atoms with van der Waals surface area (Å²) < 4.78 is 7.14. The van der Waals surface area contributed by atoms with Crippen LogP contribution < -0.4 is 4.74 Å². The topological polar surface area (TPSA) is 39.9 Å². The Kier molecular flexibility index (Phi) is 3.53. The van der Waals surface area contributed by atoms with Gasteiger partial charge >= 0.3 is 0 Å². The Bertz CT molecular complexity index is 426. The molecule has 0 saturated heterocycles. The van der Waals surface area contributed by atoms with Crippen LogP contribution in [0.4, 0.5) is 0 Å². The predicted molar refractivity (Wildman–Crippen MR) is 61.3 cm³/mol. The zero-order valence-electron chi connectivity index (χ0n) is 9.34. The number of benzene rings is 1. The van der Waals surface area contributed by atoms with E-state index in [9.17, 15) is 0 Å². The summed E-state index contributed by atoms with van der Waals surface area (Å²) in [6, 6.07) is 8.11. The van der Waals surface area contributed by atoms with Crippen molar-refractivity contribution in [2.75, 3.05) is 7.11 Å². The third kappa shape index (κ3) is 2.59. The zero-order valence-corrected chi connectivity index (χ0v) is 9.34. The normalized spacial score (nSPS) is 10.3. The van der Waals surface area contributed by atoms with Gasteiger partial charge in [-0.05, 0) is 24.5 Å².